The lowest BCUT2D eigenvalue weighted by Gasteiger charge is -2.24. The minimum absolute atomic E-state index is 0.0590. The Bertz CT molecular complexity index is 1180. The van der Waals surface area contributed by atoms with Crippen LogP contribution in [0.2, 0.25) is 5.02 Å². The molecule has 0 saturated carbocycles. The van der Waals surface area contributed by atoms with E-state index < -0.39 is 29.2 Å². The minimum Gasteiger partial charge on any atom is -0.255 e. The number of hydrazine groups is 3. The number of fused-ring (bicyclic) bond motifs is 1. The van der Waals surface area contributed by atoms with Crippen LogP contribution in [0.1, 0.15) is 18.2 Å². The lowest BCUT2D eigenvalue weighted by atomic mass is 10.2. The second kappa shape index (κ2) is 8.54. The van der Waals surface area contributed by atoms with Crippen molar-refractivity contribution in [2.75, 3.05) is 10.8 Å². The molecule has 13 heteroatoms. The van der Waals surface area contributed by atoms with Crippen molar-refractivity contribution in [3.05, 3.63) is 59.1 Å². The monoisotopic (exact) mass is 491 g/mol. The van der Waals surface area contributed by atoms with Crippen molar-refractivity contribution >= 4 is 48.0 Å². The molecule has 1 fully saturated rings. The van der Waals surface area contributed by atoms with Gasteiger partial charge in [0.2, 0.25) is 0 Å². The number of anilines is 1. The van der Waals surface area contributed by atoms with E-state index in [4.69, 9.17) is 11.6 Å². The summed E-state index contributed by atoms with van der Waals surface area (Å²) in [4.78, 5) is -0.133. The first kappa shape index (κ1) is 22.3. The Morgan fingerprint density at radius 3 is 2.29 bits per heavy atom. The molecule has 1 aliphatic heterocycles. The normalized spacial score (nSPS) is 15.6. The lowest BCUT2D eigenvalue weighted by molar-refractivity contribution is -0.131. The Balaban J connectivity index is 1.73. The summed E-state index contributed by atoms with van der Waals surface area (Å²) in [5.74, 6) is 0. The molecule has 0 radical (unpaired) electrons. The van der Waals surface area contributed by atoms with Gasteiger partial charge < -0.3 is 0 Å². The molecule has 166 valence electrons. The zero-order valence-corrected chi connectivity index (χ0v) is 18.1. The summed E-state index contributed by atoms with van der Waals surface area (Å²) in [7, 11) is -4.30. The molecule has 0 atom stereocenters. The number of hydrogen-bond acceptors (Lipinski definition) is 7. The Morgan fingerprint density at radius 2 is 1.68 bits per heavy atom. The average molecular weight is 492 g/mol. The number of thiophene rings is 1. The van der Waals surface area contributed by atoms with E-state index in [-0.39, 0.29) is 21.1 Å². The smallest absolute Gasteiger partial charge is 0.255 e. The fourth-order valence-corrected chi connectivity index (χ4v) is 6.40. The van der Waals surface area contributed by atoms with Gasteiger partial charge in [-0.25, -0.2) is 19.3 Å². The fourth-order valence-electron chi connectivity index (χ4n) is 3.10. The third kappa shape index (κ3) is 4.65. The first-order valence-electron chi connectivity index (χ1n) is 9.04. The Labute approximate surface area is 185 Å². The quantitative estimate of drug-likeness (QED) is 0.419. The Hall–Kier alpha value is -1.93. The summed E-state index contributed by atoms with van der Waals surface area (Å²) in [6.07, 6.45) is -6.14. The van der Waals surface area contributed by atoms with Crippen LogP contribution in [0.3, 0.4) is 0 Å². The molecule has 0 aliphatic carbocycles. The van der Waals surface area contributed by atoms with E-state index in [1.165, 1.54) is 12.1 Å². The third-order valence-electron chi connectivity index (χ3n) is 4.64. The largest absolute Gasteiger partial charge is 0.390 e. The number of halogens is 4. The standard InChI is InChI=1S/C18H17ClF3N5O2S2/c19-15-13-3-1-2-4-14(13)30-17(15)27(10-9-18(20,21)22)31(28,29)12-7-5-11(6-8-12)16-23-25-26-24-16/h1-8,16,23-26H,9-10H2. The highest BCUT2D eigenvalue weighted by atomic mass is 35.5. The molecule has 4 N–H and O–H groups in total. The van der Waals surface area contributed by atoms with Crippen LogP contribution in [0.5, 0.6) is 0 Å². The van der Waals surface area contributed by atoms with Crippen LogP contribution in [-0.4, -0.2) is 21.1 Å². The van der Waals surface area contributed by atoms with Gasteiger partial charge in [-0.15, -0.1) is 11.3 Å². The van der Waals surface area contributed by atoms with Gasteiger partial charge in [0.1, 0.15) is 11.2 Å². The molecule has 31 heavy (non-hydrogen) atoms. The van der Waals surface area contributed by atoms with E-state index in [9.17, 15) is 21.6 Å². The van der Waals surface area contributed by atoms with E-state index in [2.05, 4.69) is 21.9 Å². The molecule has 0 unspecified atom stereocenters. The van der Waals surface area contributed by atoms with Gasteiger partial charge in [-0.05, 0) is 23.8 Å². The molecule has 0 bridgehead atoms. The van der Waals surface area contributed by atoms with Crippen molar-refractivity contribution in [1.82, 2.24) is 21.9 Å². The van der Waals surface area contributed by atoms with Crippen LogP contribution in [0, 0.1) is 0 Å². The molecule has 4 rings (SSSR count). The maximum atomic E-state index is 13.4. The van der Waals surface area contributed by atoms with E-state index in [0.717, 1.165) is 21.2 Å². The summed E-state index contributed by atoms with van der Waals surface area (Å²) in [5, 5.41) is 0.758. The first-order chi connectivity index (χ1) is 14.7. The maximum Gasteiger partial charge on any atom is 0.390 e. The molecule has 0 amide bonds. The van der Waals surface area contributed by atoms with Gasteiger partial charge in [0.05, 0.1) is 16.3 Å². The topological polar surface area (TPSA) is 85.5 Å². The summed E-state index contributed by atoms with van der Waals surface area (Å²) < 4.78 is 67.1. The molecule has 1 aliphatic rings. The van der Waals surface area contributed by atoms with E-state index >= 15 is 0 Å². The molecular weight excluding hydrogens is 475 g/mol. The van der Waals surface area contributed by atoms with E-state index in [0.29, 0.717) is 10.1 Å². The zero-order chi connectivity index (χ0) is 22.2. The second-order valence-electron chi connectivity index (χ2n) is 6.70. The Morgan fingerprint density at radius 1 is 1.03 bits per heavy atom. The first-order valence-corrected chi connectivity index (χ1v) is 11.7. The summed E-state index contributed by atoms with van der Waals surface area (Å²) >= 11 is 7.44. The molecule has 1 aromatic heterocycles. The molecule has 1 saturated heterocycles. The van der Waals surface area contributed by atoms with Crippen LogP contribution >= 0.6 is 22.9 Å². The number of sulfonamides is 1. The van der Waals surface area contributed by atoms with Crippen LogP contribution in [-0.2, 0) is 10.0 Å². The van der Waals surface area contributed by atoms with Crippen molar-refractivity contribution in [1.29, 1.82) is 0 Å². The highest BCUT2D eigenvalue weighted by Crippen LogP contribution is 2.44. The predicted octanol–water partition coefficient (Wildman–Crippen LogP) is 3.82. The number of hydrogen-bond donors (Lipinski definition) is 4. The van der Waals surface area contributed by atoms with Crippen molar-refractivity contribution in [2.45, 2.75) is 23.7 Å². The molecule has 2 heterocycles. The predicted molar refractivity (Wildman–Crippen MR) is 114 cm³/mol. The van der Waals surface area contributed by atoms with Crippen LogP contribution in [0.25, 0.3) is 10.1 Å². The van der Waals surface area contributed by atoms with Gasteiger partial charge in [-0.1, -0.05) is 41.9 Å². The summed E-state index contributed by atoms with van der Waals surface area (Å²) in [6.45, 7) is -0.778. The molecule has 7 nitrogen and oxygen atoms in total. The van der Waals surface area contributed by atoms with Gasteiger partial charge in [0.25, 0.3) is 10.0 Å². The van der Waals surface area contributed by atoms with Gasteiger partial charge in [-0.3, -0.25) is 4.31 Å². The SMILES string of the molecule is O=S(=O)(c1ccc(C2NNNN2)cc1)N(CCC(F)(F)F)c1sc2ccccc2c1Cl. The molecule has 2 aromatic carbocycles. The minimum atomic E-state index is -4.53. The van der Waals surface area contributed by atoms with Crippen molar-refractivity contribution in [2.24, 2.45) is 0 Å². The van der Waals surface area contributed by atoms with E-state index in [1.807, 2.05) is 0 Å². The second-order valence-corrected chi connectivity index (χ2v) is 9.97. The summed E-state index contributed by atoms with van der Waals surface area (Å²) in [5.41, 5.74) is 11.7. The van der Waals surface area contributed by atoms with E-state index in [1.54, 1.807) is 36.4 Å². The fraction of sp³-hybridized carbons (Fsp3) is 0.222. The molecule has 3 aromatic rings. The number of alkyl halides is 3. The molecule has 0 spiro atoms. The van der Waals surface area contributed by atoms with Gasteiger partial charge in [0, 0.05) is 16.6 Å². The van der Waals surface area contributed by atoms with Crippen LogP contribution in [0.4, 0.5) is 18.2 Å². The van der Waals surface area contributed by atoms with Crippen molar-refractivity contribution in [3.8, 4) is 0 Å². The zero-order valence-electron chi connectivity index (χ0n) is 15.7. The average Bonchev–Trinajstić information content (AvgIpc) is 3.37. The number of nitrogens with one attached hydrogen (secondary N) is 4. The lowest BCUT2D eigenvalue weighted by Crippen LogP contribution is -2.34. The summed E-state index contributed by atoms with van der Waals surface area (Å²) in [6, 6.07) is 12.8. The van der Waals surface area contributed by atoms with Gasteiger partial charge in [-0.2, -0.15) is 24.2 Å². The van der Waals surface area contributed by atoms with Crippen molar-refractivity contribution < 1.29 is 21.6 Å². The third-order valence-corrected chi connectivity index (χ3v) is 8.26. The van der Waals surface area contributed by atoms with Gasteiger partial charge >= 0.3 is 6.18 Å². The highest BCUT2D eigenvalue weighted by molar-refractivity contribution is 7.93. The van der Waals surface area contributed by atoms with Gasteiger partial charge in [0.15, 0.2) is 0 Å². The Kier molecular flexibility index (Phi) is 6.14. The number of benzene rings is 2. The van der Waals surface area contributed by atoms with Crippen LogP contribution < -0.4 is 26.2 Å². The maximum absolute atomic E-state index is 13.4. The van der Waals surface area contributed by atoms with Crippen LogP contribution in [0.15, 0.2) is 53.4 Å². The highest BCUT2D eigenvalue weighted by Gasteiger charge is 2.34. The molecular formula is C18H17ClF3N5O2S2. The van der Waals surface area contributed by atoms with Crippen molar-refractivity contribution in [3.63, 3.8) is 0 Å². The number of nitrogens with zero attached hydrogens (tertiary/aromatic N) is 1. The number of rotatable bonds is 6.